The molecule has 4 nitrogen and oxygen atoms in total. The number of aliphatic hydroxyl groups excluding tert-OH is 1. The first-order chi connectivity index (χ1) is 7.15. The Morgan fingerprint density at radius 1 is 1.60 bits per heavy atom. The van der Waals surface area contributed by atoms with Crippen LogP contribution in [0.15, 0.2) is 0 Å². The standard InChI is InChI=1S/C9H16F2N2O2/c10-8(11)6-13(4-5-14)9(15)7-2-1-3-12-7/h7-8,12,14H,1-6H2/t7-/m0/s1. The summed E-state index contributed by atoms with van der Waals surface area (Å²) in [6.45, 7) is -0.165. The normalized spacial score (nSPS) is 20.9. The number of alkyl halides is 2. The maximum Gasteiger partial charge on any atom is 0.255 e. The van der Waals surface area contributed by atoms with E-state index in [-0.39, 0.29) is 25.1 Å². The number of nitrogens with one attached hydrogen (secondary N) is 1. The third-order valence-electron chi connectivity index (χ3n) is 2.40. The first kappa shape index (κ1) is 12.3. The molecule has 0 saturated carbocycles. The number of aliphatic hydroxyl groups is 1. The molecule has 1 fully saturated rings. The second kappa shape index (κ2) is 5.97. The van der Waals surface area contributed by atoms with Gasteiger partial charge in [-0.3, -0.25) is 4.79 Å². The third kappa shape index (κ3) is 3.71. The minimum atomic E-state index is -2.55. The topological polar surface area (TPSA) is 52.6 Å². The highest BCUT2D eigenvalue weighted by Crippen LogP contribution is 2.09. The highest BCUT2D eigenvalue weighted by Gasteiger charge is 2.27. The molecule has 0 radical (unpaired) electrons. The van der Waals surface area contributed by atoms with Crippen LogP contribution in [0.2, 0.25) is 0 Å². The smallest absolute Gasteiger partial charge is 0.255 e. The maximum absolute atomic E-state index is 12.2. The van der Waals surface area contributed by atoms with Crippen LogP contribution in [0, 0.1) is 0 Å². The minimum absolute atomic E-state index is 0.0264. The molecule has 0 spiro atoms. The zero-order chi connectivity index (χ0) is 11.3. The lowest BCUT2D eigenvalue weighted by Crippen LogP contribution is -2.46. The number of carbonyl (C=O) groups excluding carboxylic acids is 1. The van der Waals surface area contributed by atoms with Crippen LogP contribution in [-0.4, -0.2) is 54.6 Å². The molecule has 0 bridgehead atoms. The summed E-state index contributed by atoms with van der Waals surface area (Å²) in [5.74, 6) is -0.332. The molecule has 6 heteroatoms. The van der Waals surface area contributed by atoms with Crippen LogP contribution in [0.25, 0.3) is 0 Å². The van der Waals surface area contributed by atoms with Crippen molar-refractivity contribution < 1.29 is 18.7 Å². The Labute approximate surface area is 87.2 Å². The molecule has 1 amide bonds. The molecule has 0 aromatic carbocycles. The molecule has 1 saturated heterocycles. The molecule has 2 N–H and O–H groups in total. The van der Waals surface area contributed by atoms with Crippen molar-refractivity contribution in [3.63, 3.8) is 0 Å². The molecule has 0 aromatic rings. The van der Waals surface area contributed by atoms with E-state index >= 15 is 0 Å². The molecule has 1 rings (SSSR count). The summed E-state index contributed by atoms with van der Waals surface area (Å²) in [7, 11) is 0. The van der Waals surface area contributed by atoms with Crippen LogP contribution >= 0.6 is 0 Å². The molecule has 0 aliphatic carbocycles. The monoisotopic (exact) mass is 222 g/mol. The predicted molar refractivity (Wildman–Crippen MR) is 50.7 cm³/mol. The second-order valence-electron chi connectivity index (χ2n) is 3.55. The molecule has 1 aliphatic heterocycles. The van der Waals surface area contributed by atoms with Gasteiger partial charge in [-0.15, -0.1) is 0 Å². The number of nitrogens with zero attached hydrogens (tertiary/aromatic N) is 1. The van der Waals surface area contributed by atoms with Crippen LogP contribution in [0.5, 0.6) is 0 Å². The van der Waals surface area contributed by atoms with E-state index in [1.165, 1.54) is 0 Å². The van der Waals surface area contributed by atoms with E-state index in [2.05, 4.69) is 5.32 Å². The molecule has 0 unspecified atom stereocenters. The van der Waals surface area contributed by atoms with Gasteiger partial charge in [0, 0.05) is 6.54 Å². The first-order valence-electron chi connectivity index (χ1n) is 5.06. The molecule has 1 atom stereocenters. The number of rotatable bonds is 5. The van der Waals surface area contributed by atoms with Crippen LogP contribution in [0.4, 0.5) is 8.78 Å². The molecule has 1 heterocycles. The summed E-state index contributed by atoms with van der Waals surface area (Å²) in [6, 6.07) is -0.352. The van der Waals surface area contributed by atoms with Crippen LogP contribution in [-0.2, 0) is 4.79 Å². The molecule has 0 aromatic heterocycles. The summed E-state index contributed by atoms with van der Waals surface area (Å²) in [5.41, 5.74) is 0. The molecule has 88 valence electrons. The molecular weight excluding hydrogens is 206 g/mol. The summed E-state index contributed by atoms with van der Waals surface area (Å²) in [4.78, 5) is 12.7. The fraction of sp³-hybridized carbons (Fsp3) is 0.889. The lowest BCUT2D eigenvalue weighted by molar-refractivity contribution is -0.135. The third-order valence-corrected chi connectivity index (χ3v) is 2.40. The van der Waals surface area contributed by atoms with Crippen molar-refractivity contribution in [1.29, 1.82) is 0 Å². The molecular formula is C9H16F2N2O2. The van der Waals surface area contributed by atoms with E-state index in [1.54, 1.807) is 0 Å². The van der Waals surface area contributed by atoms with Gasteiger partial charge < -0.3 is 15.3 Å². The zero-order valence-electron chi connectivity index (χ0n) is 8.46. The average Bonchev–Trinajstić information content (AvgIpc) is 2.68. The van der Waals surface area contributed by atoms with E-state index in [9.17, 15) is 13.6 Å². The quantitative estimate of drug-likeness (QED) is 0.678. The van der Waals surface area contributed by atoms with Crippen molar-refractivity contribution in [3.05, 3.63) is 0 Å². The highest BCUT2D eigenvalue weighted by molar-refractivity contribution is 5.82. The summed E-state index contributed by atoms with van der Waals surface area (Å²) >= 11 is 0. The van der Waals surface area contributed by atoms with E-state index in [0.717, 1.165) is 17.9 Å². The van der Waals surface area contributed by atoms with Gasteiger partial charge in [0.1, 0.15) is 0 Å². The Morgan fingerprint density at radius 2 is 2.33 bits per heavy atom. The van der Waals surface area contributed by atoms with Crippen molar-refractivity contribution >= 4 is 5.91 Å². The van der Waals surface area contributed by atoms with Crippen LogP contribution in [0.1, 0.15) is 12.8 Å². The van der Waals surface area contributed by atoms with Gasteiger partial charge in [0.2, 0.25) is 5.91 Å². The minimum Gasteiger partial charge on any atom is -0.395 e. The van der Waals surface area contributed by atoms with Gasteiger partial charge in [0.25, 0.3) is 6.43 Å². The SMILES string of the molecule is O=C([C@@H]1CCCN1)N(CCO)CC(F)F. The van der Waals surface area contributed by atoms with E-state index < -0.39 is 13.0 Å². The van der Waals surface area contributed by atoms with Gasteiger partial charge in [-0.05, 0) is 19.4 Å². The van der Waals surface area contributed by atoms with Crippen LogP contribution < -0.4 is 5.32 Å². The van der Waals surface area contributed by atoms with Gasteiger partial charge in [-0.25, -0.2) is 8.78 Å². The maximum atomic E-state index is 12.2. The summed E-state index contributed by atoms with van der Waals surface area (Å²) < 4.78 is 24.3. The second-order valence-corrected chi connectivity index (χ2v) is 3.55. The van der Waals surface area contributed by atoms with Crippen molar-refractivity contribution in [2.24, 2.45) is 0 Å². The Balaban J connectivity index is 2.49. The largest absolute Gasteiger partial charge is 0.395 e. The van der Waals surface area contributed by atoms with E-state index in [1.807, 2.05) is 0 Å². The van der Waals surface area contributed by atoms with Gasteiger partial charge in [-0.2, -0.15) is 0 Å². The Bertz CT molecular complexity index is 208. The number of halogens is 2. The van der Waals surface area contributed by atoms with E-state index in [0.29, 0.717) is 6.42 Å². The van der Waals surface area contributed by atoms with Gasteiger partial charge in [0.15, 0.2) is 0 Å². The lowest BCUT2D eigenvalue weighted by Gasteiger charge is -2.24. The number of hydrogen-bond donors (Lipinski definition) is 2. The number of hydrogen-bond acceptors (Lipinski definition) is 3. The van der Waals surface area contributed by atoms with E-state index in [4.69, 9.17) is 5.11 Å². The van der Waals surface area contributed by atoms with Crippen molar-refractivity contribution in [2.45, 2.75) is 25.3 Å². The highest BCUT2D eigenvalue weighted by atomic mass is 19.3. The Kier molecular flexibility index (Phi) is 4.90. The first-order valence-corrected chi connectivity index (χ1v) is 5.06. The van der Waals surface area contributed by atoms with Gasteiger partial charge in [0.05, 0.1) is 19.2 Å². The van der Waals surface area contributed by atoms with Gasteiger partial charge >= 0.3 is 0 Å². The molecule has 15 heavy (non-hydrogen) atoms. The Hall–Kier alpha value is -0.750. The van der Waals surface area contributed by atoms with Crippen molar-refractivity contribution in [3.8, 4) is 0 Å². The predicted octanol–water partition coefficient (Wildman–Crippen LogP) is -0.176. The Morgan fingerprint density at radius 3 is 2.80 bits per heavy atom. The van der Waals surface area contributed by atoms with Gasteiger partial charge in [-0.1, -0.05) is 0 Å². The zero-order valence-corrected chi connectivity index (χ0v) is 8.46. The van der Waals surface area contributed by atoms with Crippen molar-refractivity contribution in [1.82, 2.24) is 10.2 Å². The number of amides is 1. The van der Waals surface area contributed by atoms with Crippen molar-refractivity contribution in [2.75, 3.05) is 26.2 Å². The summed E-state index contributed by atoms with van der Waals surface area (Å²) in [5, 5.41) is 11.6. The fourth-order valence-electron chi connectivity index (χ4n) is 1.69. The van der Waals surface area contributed by atoms with Crippen LogP contribution in [0.3, 0.4) is 0 Å². The lowest BCUT2D eigenvalue weighted by atomic mass is 10.2. The average molecular weight is 222 g/mol. The number of carbonyl (C=O) groups is 1. The fourth-order valence-corrected chi connectivity index (χ4v) is 1.69. The summed E-state index contributed by atoms with van der Waals surface area (Å²) in [6.07, 6.45) is -0.982. The molecule has 1 aliphatic rings.